The molecule has 0 amide bonds. The largest absolute Gasteiger partial charge is 0.486 e. The summed E-state index contributed by atoms with van der Waals surface area (Å²) in [6.07, 6.45) is 3.58. The van der Waals surface area contributed by atoms with Crippen LogP contribution < -0.4 is 9.47 Å². The van der Waals surface area contributed by atoms with Crippen LogP contribution in [-0.2, 0) is 29.3 Å². The number of sulfone groups is 1. The van der Waals surface area contributed by atoms with Crippen LogP contribution >= 0.6 is 0 Å². The minimum Gasteiger partial charge on any atom is -0.486 e. The molecular weight excluding hydrogens is 342 g/mol. The van der Waals surface area contributed by atoms with Crippen LogP contribution in [0.15, 0.2) is 29.6 Å². The first-order valence-electron chi connectivity index (χ1n) is 8.15. The van der Waals surface area contributed by atoms with Crippen LogP contribution in [0.5, 0.6) is 11.5 Å². The normalized spacial score (nSPS) is 17.2. The maximum Gasteiger partial charge on any atom is 0.247 e. The Balaban J connectivity index is 1.52. The lowest BCUT2D eigenvalue weighted by Crippen LogP contribution is -2.31. The number of fused-ring (bicyclic) bond motifs is 2. The lowest BCUT2D eigenvalue weighted by Gasteiger charge is -2.28. The number of hydrogen-bond acceptors (Lipinski definition) is 7. The molecule has 0 bridgehead atoms. The molecule has 25 heavy (non-hydrogen) atoms. The Labute approximate surface area is 146 Å². The van der Waals surface area contributed by atoms with Crippen molar-refractivity contribution in [1.29, 1.82) is 0 Å². The van der Waals surface area contributed by atoms with Gasteiger partial charge in [0.1, 0.15) is 13.2 Å². The highest BCUT2D eigenvalue weighted by Gasteiger charge is 2.22. The van der Waals surface area contributed by atoms with E-state index in [9.17, 15) is 8.42 Å². The van der Waals surface area contributed by atoms with E-state index in [4.69, 9.17) is 9.47 Å². The van der Waals surface area contributed by atoms with Crippen molar-refractivity contribution >= 4 is 9.84 Å². The minimum absolute atomic E-state index is 0.104. The molecule has 0 saturated heterocycles. The third-order valence-corrected chi connectivity index (χ3v) is 5.21. The van der Waals surface area contributed by atoms with Crippen molar-refractivity contribution in [3.05, 3.63) is 41.2 Å². The molecule has 2 aromatic rings. The molecule has 0 spiro atoms. The van der Waals surface area contributed by atoms with Crippen LogP contribution in [0.25, 0.3) is 0 Å². The maximum atomic E-state index is 11.7. The van der Waals surface area contributed by atoms with E-state index in [0.29, 0.717) is 19.8 Å². The summed E-state index contributed by atoms with van der Waals surface area (Å²) in [5, 5.41) is -0.104. The van der Waals surface area contributed by atoms with Gasteiger partial charge in [0.2, 0.25) is 15.0 Å². The zero-order valence-electron chi connectivity index (χ0n) is 13.9. The first kappa shape index (κ1) is 16.3. The van der Waals surface area contributed by atoms with Crippen molar-refractivity contribution in [3.8, 4) is 11.5 Å². The number of rotatable bonds is 3. The van der Waals surface area contributed by atoms with Gasteiger partial charge < -0.3 is 9.47 Å². The van der Waals surface area contributed by atoms with E-state index in [1.807, 2.05) is 18.2 Å². The molecule has 0 unspecified atom stereocenters. The SMILES string of the molecule is CS(=O)(=O)c1ncc2c(n1)CN(Cc1ccc3c(c1)OCCO3)CC2. The highest BCUT2D eigenvalue weighted by molar-refractivity contribution is 7.90. The third-order valence-electron chi connectivity index (χ3n) is 4.35. The lowest BCUT2D eigenvalue weighted by molar-refractivity contribution is 0.171. The fourth-order valence-electron chi connectivity index (χ4n) is 3.10. The average molecular weight is 361 g/mol. The predicted octanol–water partition coefficient (Wildman–Crippen LogP) is 1.21. The molecule has 0 fully saturated rings. The van der Waals surface area contributed by atoms with Gasteiger partial charge in [0.15, 0.2) is 11.5 Å². The molecule has 4 rings (SSSR count). The molecule has 1 aromatic carbocycles. The summed E-state index contributed by atoms with van der Waals surface area (Å²) in [4.78, 5) is 10.5. The Kier molecular flexibility index (Phi) is 4.09. The van der Waals surface area contributed by atoms with Crippen molar-refractivity contribution in [2.45, 2.75) is 24.7 Å². The average Bonchev–Trinajstić information content (AvgIpc) is 2.60. The zero-order chi connectivity index (χ0) is 17.4. The van der Waals surface area contributed by atoms with Gasteiger partial charge in [-0.3, -0.25) is 4.90 Å². The van der Waals surface area contributed by atoms with E-state index in [1.165, 1.54) is 0 Å². The first-order valence-corrected chi connectivity index (χ1v) is 10.0. The summed E-state index contributed by atoms with van der Waals surface area (Å²) in [5.74, 6) is 1.56. The molecule has 0 N–H and O–H groups in total. The van der Waals surface area contributed by atoms with Gasteiger partial charge in [-0.1, -0.05) is 6.07 Å². The second kappa shape index (κ2) is 6.27. The first-order chi connectivity index (χ1) is 12.0. The Morgan fingerprint density at radius 1 is 1.20 bits per heavy atom. The Hall–Kier alpha value is -2.19. The highest BCUT2D eigenvalue weighted by atomic mass is 32.2. The van der Waals surface area contributed by atoms with Gasteiger partial charge >= 0.3 is 0 Å². The van der Waals surface area contributed by atoms with E-state index in [2.05, 4.69) is 14.9 Å². The molecule has 0 atom stereocenters. The van der Waals surface area contributed by atoms with E-state index in [1.54, 1.807) is 6.20 Å². The van der Waals surface area contributed by atoms with Gasteiger partial charge in [0, 0.05) is 32.1 Å². The van der Waals surface area contributed by atoms with Gasteiger partial charge in [0.25, 0.3) is 0 Å². The van der Waals surface area contributed by atoms with Gasteiger partial charge in [-0.15, -0.1) is 0 Å². The van der Waals surface area contributed by atoms with E-state index >= 15 is 0 Å². The second-order valence-corrected chi connectivity index (χ2v) is 8.24. The topological polar surface area (TPSA) is 81.6 Å². The van der Waals surface area contributed by atoms with E-state index in [-0.39, 0.29) is 5.16 Å². The predicted molar refractivity (Wildman–Crippen MR) is 90.4 cm³/mol. The Morgan fingerprint density at radius 3 is 2.80 bits per heavy atom. The summed E-state index contributed by atoms with van der Waals surface area (Å²) in [6.45, 7) is 3.38. The molecule has 1 aromatic heterocycles. The van der Waals surface area contributed by atoms with Crippen LogP contribution in [0.1, 0.15) is 16.8 Å². The molecule has 8 heteroatoms. The molecule has 0 radical (unpaired) electrons. The number of benzene rings is 1. The van der Waals surface area contributed by atoms with Crippen molar-refractivity contribution in [2.24, 2.45) is 0 Å². The Bertz CT molecular complexity index is 914. The molecule has 2 aliphatic rings. The van der Waals surface area contributed by atoms with Crippen LogP contribution in [0, 0.1) is 0 Å². The molecule has 0 saturated carbocycles. The van der Waals surface area contributed by atoms with Crippen molar-refractivity contribution in [3.63, 3.8) is 0 Å². The number of hydrogen-bond donors (Lipinski definition) is 0. The Morgan fingerprint density at radius 2 is 2.00 bits per heavy atom. The summed E-state index contributed by atoms with van der Waals surface area (Å²) >= 11 is 0. The molecule has 132 valence electrons. The number of nitrogens with zero attached hydrogens (tertiary/aromatic N) is 3. The summed E-state index contributed by atoms with van der Waals surface area (Å²) in [7, 11) is -3.39. The van der Waals surface area contributed by atoms with Gasteiger partial charge in [-0.2, -0.15) is 0 Å². The van der Waals surface area contributed by atoms with Crippen LogP contribution in [0.3, 0.4) is 0 Å². The van der Waals surface area contributed by atoms with Gasteiger partial charge in [-0.25, -0.2) is 18.4 Å². The fourth-order valence-corrected chi connectivity index (χ4v) is 3.62. The zero-order valence-corrected chi connectivity index (χ0v) is 14.8. The fraction of sp³-hybridized carbons (Fsp3) is 0.412. The van der Waals surface area contributed by atoms with Crippen LogP contribution in [0.2, 0.25) is 0 Å². The van der Waals surface area contributed by atoms with Crippen molar-refractivity contribution < 1.29 is 17.9 Å². The minimum atomic E-state index is -3.39. The third kappa shape index (κ3) is 3.45. The van der Waals surface area contributed by atoms with E-state index in [0.717, 1.165) is 54.1 Å². The molecule has 0 aliphatic carbocycles. The van der Waals surface area contributed by atoms with Crippen molar-refractivity contribution in [1.82, 2.24) is 14.9 Å². The van der Waals surface area contributed by atoms with Gasteiger partial charge in [0.05, 0.1) is 5.69 Å². The monoisotopic (exact) mass is 361 g/mol. The lowest BCUT2D eigenvalue weighted by atomic mass is 10.1. The van der Waals surface area contributed by atoms with Crippen LogP contribution in [-0.4, -0.2) is 49.3 Å². The summed E-state index contributed by atoms with van der Waals surface area (Å²) in [6, 6.07) is 5.97. The quantitative estimate of drug-likeness (QED) is 0.760. The standard InChI is InChI=1S/C17H19N3O4S/c1-25(21,22)17-18-9-13-4-5-20(11-14(13)19-17)10-12-2-3-15-16(8-12)24-7-6-23-15/h2-3,8-9H,4-7,10-11H2,1H3. The van der Waals surface area contributed by atoms with Gasteiger partial charge in [-0.05, 0) is 29.7 Å². The number of ether oxygens (including phenoxy) is 2. The highest BCUT2D eigenvalue weighted by Crippen LogP contribution is 2.31. The molecule has 2 aliphatic heterocycles. The van der Waals surface area contributed by atoms with E-state index < -0.39 is 9.84 Å². The smallest absolute Gasteiger partial charge is 0.247 e. The molecule has 7 nitrogen and oxygen atoms in total. The second-order valence-electron chi connectivity index (χ2n) is 6.34. The van der Waals surface area contributed by atoms with Crippen molar-refractivity contribution in [2.75, 3.05) is 26.0 Å². The number of aromatic nitrogens is 2. The summed E-state index contributed by atoms with van der Waals surface area (Å²) < 4.78 is 34.5. The molecular formula is C17H19N3O4S. The molecule has 3 heterocycles. The summed E-state index contributed by atoms with van der Waals surface area (Å²) in [5.41, 5.74) is 2.94. The van der Waals surface area contributed by atoms with Crippen LogP contribution in [0.4, 0.5) is 0 Å². The maximum absolute atomic E-state index is 11.7.